The van der Waals surface area contributed by atoms with Gasteiger partial charge in [0.25, 0.3) is 0 Å². The van der Waals surface area contributed by atoms with Gasteiger partial charge in [0.05, 0.1) is 21.7 Å². The first-order valence-corrected chi connectivity index (χ1v) is 5.05. The summed E-state index contributed by atoms with van der Waals surface area (Å²) in [5.41, 5.74) is 0. The lowest BCUT2D eigenvalue weighted by atomic mass is 10.3. The van der Waals surface area contributed by atoms with Gasteiger partial charge in [0.1, 0.15) is 12.4 Å². The van der Waals surface area contributed by atoms with Crippen molar-refractivity contribution >= 4 is 34.8 Å². The van der Waals surface area contributed by atoms with Crippen molar-refractivity contribution in [3.05, 3.63) is 27.2 Å². The molecule has 1 rings (SSSR count). The predicted molar refractivity (Wildman–Crippen MR) is 58.8 cm³/mol. The zero-order chi connectivity index (χ0) is 10.6. The third-order valence-electron chi connectivity index (χ3n) is 1.52. The Morgan fingerprint density at radius 2 is 1.64 bits per heavy atom. The third kappa shape index (κ3) is 3.21. The van der Waals surface area contributed by atoms with Crippen molar-refractivity contribution in [2.24, 2.45) is 0 Å². The van der Waals surface area contributed by atoms with Gasteiger partial charge in [-0.05, 0) is 6.07 Å². The first kappa shape index (κ1) is 11.9. The summed E-state index contributed by atoms with van der Waals surface area (Å²) in [5.74, 6) is 0.512. The fourth-order valence-electron chi connectivity index (χ4n) is 0.850. The van der Waals surface area contributed by atoms with E-state index in [0.717, 1.165) is 0 Å². The summed E-state index contributed by atoms with van der Waals surface area (Å²) in [6.07, 6.45) is 0. The Balaban J connectivity index is 2.72. The minimum absolute atomic E-state index is 0.413. The molecule has 1 aromatic carbocycles. The lowest BCUT2D eigenvalue weighted by Gasteiger charge is -2.08. The van der Waals surface area contributed by atoms with Gasteiger partial charge in [-0.2, -0.15) is 0 Å². The Hall–Kier alpha value is -0.150. The molecule has 0 fully saturated rings. The van der Waals surface area contributed by atoms with Crippen LogP contribution in [0.15, 0.2) is 12.1 Å². The van der Waals surface area contributed by atoms with E-state index in [9.17, 15) is 0 Å². The molecule has 0 aliphatic heterocycles. The number of methoxy groups -OCH3 is 1. The molecular weight excluding hydrogens is 246 g/mol. The van der Waals surface area contributed by atoms with Crippen molar-refractivity contribution in [1.82, 2.24) is 0 Å². The largest absolute Gasteiger partial charge is 0.490 e. The molecule has 0 heterocycles. The van der Waals surface area contributed by atoms with Crippen LogP contribution in [0.5, 0.6) is 5.75 Å². The molecule has 0 saturated carbocycles. The number of rotatable bonds is 4. The van der Waals surface area contributed by atoms with Gasteiger partial charge in [-0.1, -0.05) is 34.8 Å². The second-order valence-electron chi connectivity index (χ2n) is 2.54. The summed E-state index contributed by atoms with van der Waals surface area (Å²) >= 11 is 17.4. The van der Waals surface area contributed by atoms with Crippen LogP contribution in [0, 0.1) is 0 Å². The molecule has 0 aliphatic rings. The molecule has 0 radical (unpaired) electrons. The molecule has 0 bridgehead atoms. The number of halogens is 3. The molecule has 1 aromatic rings. The highest BCUT2D eigenvalue weighted by molar-refractivity contribution is 6.43. The van der Waals surface area contributed by atoms with Gasteiger partial charge in [-0.3, -0.25) is 0 Å². The van der Waals surface area contributed by atoms with Gasteiger partial charge in [-0.25, -0.2) is 0 Å². The number of hydrogen-bond donors (Lipinski definition) is 0. The Morgan fingerprint density at radius 3 is 2.29 bits per heavy atom. The van der Waals surface area contributed by atoms with Gasteiger partial charge in [0.15, 0.2) is 0 Å². The van der Waals surface area contributed by atoms with Gasteiger partial charge in [-0.15, -0.1) is 0 Å². The SMILES string of the molecule is COCCOc1cc(Cl)c(Cl)cc1Cl. The van der Waals surface area contributed by atoms with Crippen LogP contribution in [0.25, 0.3) is 0 Å². The zero-order valence-electron chi connectivity index (χ0n) is 7.52. The van der Waals surface area contributed by atoms with Crippen molar-refractivity contribution in [1.29, 1.82) is 0 Å². The van der Waals surface area contributed by atoms with Crippen LogP contribution < -0.4 is 4.74 Å². The quantitative estimate of drug-likeness (QED) is 0.604. The average Bonchev–Trinajstić information content (AvgIpc) is 2.14. The van der Waals surface area contributed by atoms with E-state index in [1.165, 1.54) is 0 Å². The summed E-state index contributed by atoms with van der Waals surface area (Å²) in [4.78, 5) is 0. The van der Waals surface area contributed by atoms with E-state index < -0.39 is 0 Å². The minimum atomic E-state index is 0.413. The Bertz CT molecular complexity index is 315. The van der Waals surface area contributed by atoms with Crippen LogP contribution in [0.4, 0.5) is 0 Å². The molecule has 0 saturated heterocycles. The molecule has 0 unspecified atom stereocenters. The van der Waals surface area contributed by atoms with E-state index in [1.807, 2.05) is 0 Å². The first-order chi connectivity index (χ1) is 6.65. The highest BCUT2D eigenvalue weighted by Gasteiger charge is 2.06. The van der Waals surface area contributed by atoms with Crippen LogP contribution in [0.3, 0.4) is 0 Å². The van der Waals surface area contributed by atoms with E-state index in [2.05, 4.69) is 0 Å². The average molecular weight is 256 g/mol. The molecule has 0 N–H and O–H groups in total. The van der Waals surface area contributed by atoms with Crippen LogP contribution in [0.2, 0.25) is 15.1 Å². The predicted octanol–water partition coefficient (Wildman–Crippen LogP) is 3.67. The normalized spacial score (nSPS) is 10.3. The number of hydrogen-bond acceptors (Lipinski definition) is 2. The second kappa shape index (κ2) is 5.66. The maximum atomic E-state index is 5.87. The zero-order valence-corrected chi connectivity index (χ0v) is 9.79. The first-order valence-electron chi connectivity index (χ1n) is 3.91. The lowest BCUT2D eigenvalue weighted by Crippen LogP contribution is -2.04. The van der Waals surface area contributed by atoms with E-state index in [1.54, 1.807) is 19.2 Å². The van der Waals surface area contributed by atoms with E-state index in [-0.39, 0.29) is 0 Å². The summed E-state index contributed by atoms with van der Waals surface area (Å²) < 4.78 is 10.1. The smallest absolute Gasteiger partial charge is 0.139 e. The van der Waals surface area contributed by atoms with Crippen LogP contribution in [-0.2, 0) is 4.74 Å². The van der Waals surface area contributed by atoms with Crippen LogP contribution in [0.1, 0.15) is 0 Å². The van der Waals surface area contributed by atoms with Crippen molar-refractivity contribution in [2.45, 2.75) is 0 Å². The standard InChI is InChI=1S/C9H9Cl3O2/c1-13-2-3-14-9-5-7(11)6(10)4-8(9)12/h4-5H,2-3H2,1H3. The van der Waals surface area contributed by atoms with Crippen LogP contribution >= 0.6 is 34.8 Å². The maximum Gasteiger partial charge on any atom is 0.139 e. The molecule has 0 atom stereocenters. The molecular formula is C9H9Cl3O2. The molecule has 78 valence electrons. The molecule has 14 heavy (non-hydrogen) atoms. The Morgan fingerprint density at radius 1 is 1.00 bits per heavy atom. The minimum Gasteiger partial charge on any atom is -0.490 e. The van der Waals surface area contributed by atoms with E-state index in [0.29, 0.717) is 34.0 Å². The molecule has 2 nitrogen and oxygen atoms in total. The van der Waals surface area contributed by atoms with Gasteiger partial charge in [0, 0.05) is 13.2 Å². The van der Waals surface area contributed by atoms with Crippen molar-refractivity contribution in [3.8, 4) is 5.75 Å². The molecule has 0 spiro atoms. The monoisotopic (exact) mass is 254 g/mol. The molecule has 5 heteroatoms. The van der Waals surface area contributed by atoms with Crippen molar-refractivity contribution < 1.29 is 9.47 Å². The van der Waals surface area contributed by atoms with Gasteiger partial charge in [0.2, 0.25) is 0 Å². The third-order valence-corrected chi connectivity index (χ3v) is 2.54. The summed E-state index contributed by atoms with van der Waals surface area (Å²) in [7, 11) is 1.60. The maximum absolute atomic E-state index is 5.87. The highest BCUT2D eigenvalue weighted by Crippen LogP contribution is 2.33. The molecule has 0 aliphatic carbocycles. The highest BCUT2D eigenvalue weighted by atomic mass is 35.5. The van der Waals surface area contributed by atoms with Gasteiger partial charge < -0.3 is 9.47 Å². The Labute approximate surface area is 97.7 Å². The van der Waals surface area contributed by atoms with E-state index >= 15 is 0 Å². The molecule has 0 amide bonds. The number of benzene rings is 1. The fourth-order valence-corrected chi connectivity index (χ4v) is 1.44. The second-order valence-corrected chi connectivity index (χ2v) is 3.76. The summed E-state index contributed by atoms with van der Waals surface area (Å²) in [6.45, 7) is 0.921. The fraction of sp³-hybridized carbons (Fsp3) is 0.333. The molecule has 0 aromatic heterocycles. The Kier molecular flexibility index (Phi) is 4.82. The van der Waals surface area contributed by atoms with Crippen molar-refractivity contribution in [3.63, 3.8) is 0 Å². The van der Waals surface area contributed by atoms with E-state index in [4.69, 9.17) is 44.3 Å². The van der Waals surface area contributed by atoms with Gasteiger partial charge >= 0.3 is 0 Å². The lowest BCUT2D eigenvalue weighted by molar-refractivity contribution is 0.146. The summed E-state index contributed by atoms with van der Waals surface area (Å²) in [6, 6.07) is 3.13. The number of ether oxygens (including phenoxy) is 2. The topological polar surface area (TPSA) is 18.5 Å². The van der Waals surface area contributed by atoms with Crippen LogP contribution in [-0.4, -0.2) is 20.3 Å². The summed E-state index contributed by atoms with van der Waals surface area (Å²) in [5, 5.41) is 1.27. The van der Waals surface area contributed by atoms with Crippen molar-refractivity contribution in [2.75, 3.05) is 20.3 Å².